The van der Waals surface area contributed by atoms with Crippen LogP contribution in [0.4, 0.5) is 0 Å². The number of cyclic esters (lactones) is 1. The monoisotopic (exact) mass is 446 g/mol. The van der Waals surface area contributed by atoms with Crippen molar-refractivity contribution in [1.29, 1.82) is 0 Å². The molecule has 0 aliphatic carbocycles. The van der Waals surface area contributed by atoms with Gasteiger partial charge in [-0.3, -0.25) is 9.69 Å². The second-order valence-electron chi connectivity index (χ2n) is 8.58. The molecule has 1 fully saturated rings. The average molecular weight is 447 g/mol. The molecule has 170 valence electrons. The van der Waals surface area contributed by atoms with E-state index in [2.05, 4.69) is 26.5 Å². The summed E-state index contributed by atoms with van der Waals surface area (Å²) in [7, 11) is 0. The number of hydrogen-bond donors (Lipinski definition) is 0. The van der Waals surface area contributed by atoms with Gasteiger partial charge >= 0.3 is 5.97 Å². The number of aryl methyl sites for hydroxylation is 1. The second kappa shape index (κ2) is 9.11. The molecule has 3 aromatic rings. The average Bonchev–Trinajstić information content (AvgIpc) is 3.50. The Hall–Kier alpha value is -3.59. The van der Waals surface area contributed by atoms with Crippen LogP contribution in [-0.4, -0.2) is 74.6 Å². The molecule has 2 aliphatic rings. The molecule has 0 saturated carbocycles. The van der Waals surface area contributed by atoms with Crippen molar-refractivity contribution in [3.63, 3.8) is 0 Å². The third-order valence-electron chi connectivity index (χ3n) is 6.47. The number of amides is 1. The quantitative estimate of drug-likeness (QED) is 0.531. The van der Waals surface area contributed by atoms with Gasteiger partial charge in [-0.15, -0.1) is 5.10 Å². The van der Waals surface area contributed by atoms with Crippen molar-refractivity contribution in [2.45, 2.75) is 26.4 Å². The molecule has 0 N–H and O–H groups in total. The van der Waals surface area contributed by atoms with E-state index >= 15 is 0 Å². The summed E-state index contributed by atoms with van der Waals surface area (Å²) in [5, 5.41) is 11.2. The van der Waals surface area contributed by atoms with E-state index in [1.54, 1.807) is 11.0 Å². The van der Waals surface area contributed by atoms with Gasteiger partial charge in [-0.05, 0) is 58.7 Å². The minimum atomic E-state index is -0.226. The fraction of sp³-hybridized carbons (Fsp3) is 0.375. The predicted octanol–water partition coefficient (Wildman–Crippen LogP) is 1.57. The number of tetrazole rings is 1. The Bertz CT molecular complexity index is 1170. The molecule has 0 spiro atoms. The smallest absolute Gasteiger partial charge is 0.338 e. The lowest BCUT2D eigenvalue weighted by molar-refractivity contribution is -0.132. The molecule has 2 aromatic carbocycles. The van der Waals surface area contributed by atoms with Crippen LogP contribution in [0.25, 0.3) is 5.69 Å². The molecule has 0 radical (unpaired) electrons. The maximum atomic E-state index is 12.9. The lowest BCUT2D eigenvalue weighted by atomic mass is 10.0. The first-order chi connectivity index (χ1) is 16.1. The van der Waals surface area contributed by atoms with E-state index in [0.717, 1.165) is 61.5 Å². The molecule has 9 nitrogen and oxygen atoms in total. The standard InChI is InChI=1S/C24H26N6O3/c1-17-12-21(30-16-25-26-27-30)4-3-19(17)14-23(31)29-10-8-28(9-11-29)7-6-18-2-5-22-20(13-18)15-33-24(22)32/h2-5,12-13,16H,6-11,14-15H2,1H3. The Kier molecular flexibility index (Phi) is 5.87. The van der Waals surface area contributed by atoms with Crippen molar-refractivity contribution in [2.24, 2.45) is 0 Å². The normalized spacial score (nSPS) is 16.0. The first-order valence-electron chi connectivity index (χ1n) is 11.2. The highest BCUT2D eigenvalue weighted by atomic mass is 16.5. The summed E-state index contributed by atoms with van der Waals surface area (Å²) in [6, 6.07) is 11.9. The van der Waals surface area contributed by atoms with Gasteiger partial charge < -0.3 is 9.64 Å². The largest absolute Gasteiger partial charge is 0.457 e. The number of piperazine rings is 1. The van der Waals surface area contributed by atoms with E-state index in [9.17, 15) is 9.59 Å². The summed E-state index contributed by atoms with van der Waals surface area (Å²) in [5.41, 5.74) is 5.84. The van der Waals surface area contributed by atoms with E-state index in [-0.39, 0.29) is 11.9 Å². The van der Waals surface area contributed by atoms with Crippen LogP contribution in [0.1, 0.15) is 32.6 Å². The van der Waals surface area contributed by atoms with Gasteiger partial charge in [-0.2, -0.15) is 0 Å². The Balaban J connectivity index is 1.11. The molecular formula is C24H26N6O3. The Morgan fingerprint density at radius 2 is 1.94 bits per heavy atom. The molecule has 1 amide bonds. The van der Waals surface area contributed by atoms with Crippen LogP contribution in [0.3, 0.4) is 0 Å². The Morgan fingerprint density at radius 1 is 1.09 bits per heavy atom. The zero-order valence-corrected chi connectivity index (χ0v) is 18.6. The molecule has 0 bridgehead atoms. The number of benzene rings is 2. The second-order valence-corrected chi connectivity index (χ2v) is 8.58. The van der Waals surface area contributed by atoms with Crippen molar-refractivity contribution < 1.29 is 14.3 Å². The first kappa shape index (κ1) is 21.3. The lowest BCUT2D eigenvalue weighted by Crippen LogP contribution is -2.49. The summed E-state index contributed by atoms with van der Waals surface area (Å²) in [6.07, 6.45) is 2.87. The summed E-state index contributed by atoms with van der Waals surface area (Å²) < 4.78 is 6.69. The molecule has 1 aromatic heterocycles. The van der Waals surface area contributed by atoms with Crippen molar-refractivity contribution in [3.05, 3.63) is 70.5 Å². The Labute approximate surface area is 191 Å². The van der Waals surface area contributed by atoms with E-state index in [1.807, 2.05) is 42.2 Å². The van der Waals surface area contributed by atoms with Gasteiger partial charge in [0, 0.05) is 38.3 Å². The maximum absolute atomic E-state index is 12.9. The summed E-state index contributed by atoms with van der Waals surface area (Å²) in [4.78, 5) is 28.8. The topological polar surface area (TPSA) is 93.5 Å². The minimum absolute atomic E-state index is 0.163. The third kappa shape index (κ3) is 4.63. The highest BCUT2D eigenvalue weighted by molar-refractivity contribution is 5.93. The number of esters is 1. The third-order valence-corrected chi connectivity index (χ3v) is 6.47. The number of hydrogen-bond acceptors (Lipinski definition) is 7. The van der Waals surface area contributed by atoms with Gasteiger partial charge in [0.05, 0.1) is 17.7 Å². The van der Waals surface area contributed by atoms with Crippen molar-refractivity contribution >= 4 is 11.9 Å². The predicted molar refractivity (Wildman–Crippen MR) is 120 cm³/mol. The molecule has 1 saturated heterocycles. The number of ether oxygens (including phenoxy) is 1. The van der Waals surface area contributed by atoms with Crippen molar-refractivity contribution in [3.8, 4) is 5.69 Å². The SMILES string of the molecule is Cc1cc(-n2cnnn2)ccc1CC(=O)N1CCN(CCc2ccc3c(c2)COC3=O)CC1. The zero-order valence-electron chi connectivity index (χ0n) is 18.6. The summed E-state index contributed by atoms with van der Waals surface area (Å²) in [5.74, 6) is -0.0628. The summed E-state index contributed by atoms with van der Waals surface area (Å²) in [6.45, 7) is 6.55. The number of fused-ring (bicyclic) bond motifs is 1. The minimum Gasteiger partial charge on any atom is -0.457 e. The number of carbonyl (C=O) groups is 2. The number of rotatable bonds is 6. The zero-order chi connectivity index (χ0) is 22.8. The van der Waals surface area contributed by atoms with Gasteiger partial charge in [0.2, 0.25) is 5.91 Å². The Morgan fingerprint density at radius 3 is 2.70 bits per heavy atom. The lowest BCUT2D eigenvalue weighted by Gasteiger charge is -2.35. The van der Waals surface area contributed by atoms with E-state index in [0.29, 0.717) is 18.6 Å². The van der Waals surface area contributed by atoms with Crippen LogP contribution in [0, 0.1) is 6.92 Å². The van der Waals surface area contributed by atoms with Crippen LogP contribution in [0.2, 0.25) is 0 Å². The van der Waals surface area contributed by atoms with Crippen LogP contribution in [0.15, 0.2) is 42.7 Å². The van der Waals surface area contributed by atoms with Crippen LogP contribution in [-0.2, 0) is 29.0 Å². The van der Waals surface area contributed by atoms with Gasteiger partial charge in [-0.1, -0.05) is 18.2 Å². The van der Waals surface area contributed by atoms with Crippen LogP contribution in [0.5, 0.6) is 0 Å². The highest BCUT2D eigenvalue weighted by Gasteiger charge is 2.23. The van der Waals surface area contributed by atoms with Gasteiger partial charge in [0.1, 0.15) is 12.9 Å². The van der Waals surface area contributed by atoms with Crippen molar-refractivity contribution in [2.75, 3.05) is 32.7 Å². The number of carbonyl (C=O) groups excluding carboxylic acids is 2. The number of nitrogens with zero attached hydrogens (tertiary/aromatic N) is 6. The maximum Gasteiger partial charge on any atom is 0.338 e. The molecule has 5 rings (SSSR count). The highest BCUT2D eigenvalue weighted by Crippen LogP contribution is 2.21. The fourth-order valence-corrected chi connectivity index (χ4v) is 4.43. The summed E-state index contributed by atoms with van der Waals surface area (Å²) >= 11 is 0. The van der Waals surface area contributed by atoms with Gasteiger partial charge in [0.25, 0.3) is 0 Å². The molecule has 3 heterocycles. The molecule has 9 heteroatoms. The van der Waals surface area contributed by atoms with E-state index in [1.165, 1.54) is 5.56 Å². The molecule has 2 aliphatic heterocycles. The van der Waals surface area contributed by atoms with E-state index in [4.69, 9.17) is 4.74 Å². The van der Waals surface area contributed by atoms with Crippen LogP contribution < -0.4 is 0 Å². The van der Waals surface area contributed by atoms with Crippen molar-refractivity contribution in [1.82, 2.24) is 30.0 Å². The van der Waals surface area contributed by atoms with Gasteiger partial charge in [0.15, 0.2) is 0 Å². The van der Waals surface area contributed by atoms with Crippen LogP contribution >= 0.6 is 0 Å². The molecule has 0 atom stereocenters. The number of aromatic nitrogens is 4. The van der Waals surface area contributed by atoms with E-state index < -0.39 is 0 Å². The molecule has 33 heavy (non-hydrogen) atoms. The fourth-order valence-electron chi connectivity index (χ4n) is 4.43. The van der Waals surface area contributed by atoms with Gasteiger partial charge in [-0.25, -0.2) is 9.48 Å². The molecule has 0 unspecified atom stereocenters. The first-order valence-corrected chi connectivity index (χ1v) is 11.2. The molecular weight excluding hydrogens is 420 g/mol.